The summed E-state index contributed by atoms with van der Waals surface area (Å²) < 4.78 is 0. The first-order valence-corrected chi connectivity index (χ1v) is 11.5. The van der Waals surface area contributed by atoms with E-state index in [0.29, 0.717) is 19.1 Å². The van der Waals surface area contributed by atoms with Gasteiger partial charge in [-0.2, -0.15) is 0 Å². The van der Waals surface area contributed by atoms with Gasteiger partial charge < -0.3 is 22.1 Å². The van der Waals surface area contributed by atoms with Gasteiger partial charge in [0.1, 0.15) is 0 Å². The summed E-state index contributed by atoms with van der Waals surface area (Å²) in [4.78, 5) is 31.4. The van der Waals surface area contributed by atoms with Crippen LogP contribution in [0.1, 0.15) is 36.8 Å². The van der Waals surface area contributed by atoms with Crippen molar-refractivity contribution in [3.63, 3.8) is 0 Å². The molecule has 2 aliphatic rings. The third-order valence-corrected chi connectivity index (χ3v) is 6.30. The fourth-order valence-electron chi connectivity index (χ4n) is 4.56. The average molecular weight is 572 g/mol. The molecule has 3 rings (SSSR count). The second-order valence-electron chi connectivity index (χ2n) is 8.88. The van der Waals surface area contributed by atoms with Gasteiger partial charge >= 0.3 is 0 Å². The molecule has 0 saturated carbocycles. The molecule has 184 valence electrons. The van der Waals surface area contributed by atoms with Gasteiger partial charge in [0.25, 0.3) is 0 Å². The minimum absolute atomic E-state index is 0. The normalized spacial score (nSPS) is 20.6. The SMILES string of the molecule is CN=C(NCc1cccc(CN2CCCC(C(N)=O)C2)c1)NC1CCN(CC(N)=O)CC1.I. The Morgan fingerprint density at radius 2 is 1.82 bits per heavy atom. The fraction of sp³-hybridized carbons (Fsp3) is 0.609. The highest BCUT2D eigenvalue weighted by molar-refractivity contribution is 14.0. The van der Waals surface area contributed by atoms with E-state index in [1.165, 1.54) is 11.1 Å². The van der Waals surface area contributed by atoms with Crippen LogP contribution in [0.3, 0.4) is 0 Å². The number of carbonyl (C=O) groups is 2. The number of primary amides is 2. The zero-order valence-corrected chi connectivity index (χ0v) is 21.8. The highest BCUT2D eigenvalue weighted by atomic mass is 127. The molecule has 2 saturated heterocycles. The first kappa shape index (κ1) is 27.3. The number of nitrogens with two attached hydrogens (primary N) is 2. The predicted octanol–water partition coefficient (Wildman–Crippen LogP) is 0.617. The second-order valence-corrected chi connectivity index (χ2v) is 8.88. The van der Waals surface area contributed by atoms with Gasteiger partial charge in [-0.1, -0.05) is 24.3 Å². The summed E-state index contributed by atoms with van der Waals surface area (Å²) in [7, 11) is 1.78. The van der Waals surface area contributed by atoms with Crippen LogP contribution in [0, 0.1) is 5.92 Å². The average Bonchev–Trinajstić information content (AvgIpc) is 2.78. The number of carbonyl (C=O) groups excluding carboxylic acids is 2. The van der Waals surface area contributed by atoms with Crippen molar-refractivity contribution in [2.24, 2.45) is 22.4 Å². The number of amides is 2. The molecule has 0 radical (unpaired) electrons. The van der Waals surface area contributed by atoms with Crippen molar-refractivity contribution in [3.05, 3.63) is 35.4 Å². The van der Waals surface area contributed by atoms with Crippen LogP contribution in [0.15, 0.2) is 29.3 Å². The lowest BCUT2D eigenvalue weighted by atomic mass is 9.97. The summed E-state index contributed by atoms with van der Waals surface area (Å²) in [5.74, 6) is 0.281. The Morgan fingerprint density at radius 3 is 2.48 bits per heavy atom. The van der Waals surface area contributed by atoms with E-state index in [4.69, 9.17) is 11.5 Å². The molecule has 9 nitrogen and oxygen atoms in total. The minimum Gasteiger partial charge on any atom is -0.369 e. The zero-order valence-electron chi connectivity index (χ0n) is 19.5. The Labute approximate surface area is 213 Å². The number of aliphatic imine (C=N–C) groups is 1. The van der Waals surface area contributed by atoms with Gasteiger partial charge in [0.2, 0.25) is 11.8 Å². The topological polar surface area (TPSA) is 129 Å². The van der Waals surface area contributed by atoms with Gasteiger partial charge in [0.15, 0.2) is 5.96 Å². The quantitative estimate of drug-likeness (QED) is 0.206. The first-order chi connectivity index (χ1) is 15.4. The molecule has 0 aromatic heterocycles. The number of hydrogen-bond acceptors (Lipinski definition) is 5. The Kier molecular flexibility index (Phi) is 11.3. The Bertz CT molecular complexity index is 812. The minimum atomic E-state index is -0.274. The van der Waals surface area contributed by atoms with Crippen LogP contribution in [-0.2, 0) is 22.7 Å². The van der Waals surface area contributed by atoms with E-state index in [1.807, 2.05) is 0 Å². The van der Waals surface area contributed by atoms with Gasteiger partial charge in [0.05, 0.1) is 12.5 Å². The molecule has 1 atom stereocenters. The van der Waals surface area contributed by atoms with Crippen molar-refractivity contribution >= 4 is 41.8 Å². The molecular formula is C23H38IN7O2. The van der Waals surface area contributed by atoms with Gasteiger partial charge in [0, 0.05) is 45.8 Å². The number of halogens is 1. The molecule has 1 aromatic rings. The number of likely N-dealkylation sites (tertiary alicyclic amines) is 2. The summed E-state index contributed by atoms with van der Waals surface area (Å²) >= 11 is 0. The van der Waals surface area contributed by atoms with Crippen molar-refractivity contribution in [1.29, 1.82) is 0 Å². The van der Waals surface area contributed by atoms with E-state index in [1.54, 1.807) is 7.05 Å². The molecular weight excluding hydrogens is 533 g/mol. The maximum atomic E-state index is 11.5. The van der Waals surface area contributed by atoms with E-state index in [2.05, 4.69) is 49.7 Å². The van der Waals surface area contributed by atoms with Gasteiger partial charge in [-0.05, 0) is 43.4 Å². The maximum absolute atomic E-state index is 11.5. The molecule has 6 N–H and O–H groups in total. The third kappa shape index (κ3) is 9.09. The number of piperidine rings is 2. The molecule has 1 aromatic carbocycles. The van der Waals surface area contributed by atoms with Crippen molar-refractivity contribution in [1.82, 2.24) is 20.4 Å². The predicted molar refractivity (Wildman–Crippen MR) is 141 cm³/mol. The molecule has 10 heteroatoms. The molecule has 1 unspecified atom stereocenters. The van der Waals surface area contributed by atoms with Crippen molar-refractivity contribution in [2.45, 2.75) is 44.8 Å². The molecule has 0 spiro atoms. The number of hydrogen-bond donors (Lipinski definition) is 4. The van der Waals surface area contributed by atoms with E-state index >= 15 is 0 Å². The largest absolute Gasteiger partial charge is 0.369 e. The second kappa shape index (κ2) is 13.7. The van der Waals surface area contributed by atoms with Crippen LogP contribution < -0.4 is 22.1 Å². The molecule has 2 fully saturated rings. The summed E-state index contributed by atoms with van der Waals surface area (Å²) in [6.45, 7) is 5.29. The monoisotopic (exact) mass is 571 g/mol. The van der Waals surface area contributed by atoms with Crippen LogP contribution in [0.4, 0.5) is 0 Å². The highest BCUT2D eigenvalue weighted by Gasteiger charge is 2.24. The van der Waals surface area contributed by atoms with Crippen LogP contribution in [0.25, 0.3) is 0 Å². The molecule has 33 heavy (non-hydrogen) atoms. The van der Waals surface area contributed by atoms with Crippen molar-refractivity contribution < 1.29 is 9.59 Å². The zero-order chi connectivity index (χ0) is 22.9. The van der Waals surface area contributed by atoms with Crippen molar-refractivity contribution in [3.8, 4) is 0 Å². The lowest BCUT2D eigenvalue weighted by molar-refractivity contribution is -0.123. The number of guanidine groups is 1. The number of nitrogens with one attached hydrogen (secondary N) is 2. The summed E-state index contributed by atoms with van der Waals surface area (Å²) in [6, 6.07) is 8.84. The lowest BCUT2D eigenvalue weighted by Gasteiger charge is -2.32. The summed E-state index contributed by atoms with van der Waals surface area (Å²) in [5, 5.41) is 6.90. The van der Waals surface area contributed by atoms with Crippen molar-refractivity contribution in [2.75, 3.05) is 39.8 Å². The third-order valence-electron chi connectivity index (χ3n) is 6.30. The van der Waals surface area contributed by atoms with E-state index in [-0.39, 0.29) is 41.7 Å². The van der Waals surface area contributed by atoms with E-state index in [0.717, 1.165) is 64.4 Å². The smallest absolute Gasteiger partial charge is 0.231 e. The summed E-state index contributed by atoms with van der Waals surface area (Å²) in [5.41, 5.74) is 13.2. The Morgan fingerprint density at radius 1 is 1.09 bits per heavy atom. The molecule has 2 aliphatic heterocycles. The van der Waals surface area contributed by atoms with Gasteiger partial charge in [-0.3, -0.25) is 24.4 Å². The Hall–Kier alpha value is -1.92. The van der Waals surface area contributed by atoms with Crippen LogP contribution in [-0.4, -0.2) is 73.4 Å². The van der Waals surface area contributed by atoms with Crippen LogP contribution >= 0.6 is 24.0 Å². The fourth-order valence-corrected chi connectivity index (χ4v) is 4.56. The molecule has 2 amide bonds. The maximum Gasteiger partial charge on any atom is 0.231 e. The van der Waals surface area contributed by atoms with Gasteiger partial charge in [-0.15, -0.1) is 24.0 Å². The van der Waals surface area contributed by atoms with Crippen LogP contribution in [0.5, 0.6) is 0 Å². The van der Waals surface area contributed by atoms with E-state index < -0.39 is 0 Å². The number of nitrogens with zero attached hydrogens (tertiary/aromatic N) is 3. The Balaban J connectivity index is 0.00000385. The van der Waals surface area contributed by atoms with Gasteiger partial charge in [-0.25, -0.2) is 0 Å². The van der Waals surface area contributed by atoms with Crippen LogP contribution in [0.2, 0.25) is 0 Å². The van der Waals surface area contributed by atoms with E-state index in [9.17, 15) is 9.59 Å². The number of rotatable bonds is 8. The summed E-state index contributed by atoms with van der Waals surface area (Å²) in [6.07, 6.45) is 3.81. The molecule has 2 heterocycles. The molecule has 0 aliphatic carbocycles. The standard InChI is InChI=1S/C23H37N7O2.HI/c1-26-23(28-20-7-10-29(11-8-20)16-21(24)31)27-13-17-4-2-5-18(12-17)14-30-9-3-6-19(15-30)22(25)32;/h2,4-5,12,19-20H,3,6-11,13-16H2,1H3,(H2,24,31)(H2,25,32)(H2,26,27,28);1H. The molecule has 0 bridgehead atoms. The lowest BCUT2D eigenvalue weighted by Crippen LogP contribution is -2.49. The first-order valence-electron chi connectivity index (χ1n) is 11.5. The number of benzene rings is 1. The highest BCUT2D eigenvalue weighted by Crippen LogP contribution is 2.19.